The Morgan fingerprint density at radius 3 is 3.00 bits per heavy atom. The van der Waals surface area contributed by atoms with Gasteiger partial charge in [-0.1, -0.05) is 15.9 Å². The summed E-state index contributed by atoms with van der Waals surface area (Å²) in [5, 5.41) is 3.57. The Hall–Kier alpha value is -0.580. The molecule has 2 rings (SSSR count). The van der Waals surface area contributed by atoms with E-state index >= 15 is 0 Å². The van der Waals surface area contributed by atoms with Gasteiger partial charge in [0.05, 0.1) is 12.2 Å². The van der Waals surface area contributed by atoms with E-state index in [1.165, 1.54) is 5.56 Å². The molecule has 1 aliphatic rings. The van der Waals surface area contributed by atoms with Gasteiger partial charge in [-0.2, -0.15) is 0 Å². The van der Waals surface area contributed by atoms with Gasteiger partial charge in [-0.15, -0.1) is 0 Å². The standard InChI is InChI=1S/C14H20BrNO2/c1-14(2,17-3)9-16-12-6-7-18-13-5-4-10(15)8-11(12)13/h4-5,8,12,16H,6-7,9H2,1-3H3. The normalized spacial score (nSPS) is 19.2. The van der Waals surface area contributed by atoms with Crippen LogP contribution in [0.25, 0.3) is 0 Å². The highest BCUT2D eigenvalue weighted by atomic mass is 79.9. The minimum absolute atomic E-state index is 0.148. The van der Waals surface area contributed by atoms with Gasteiger partial charge in [-0.3, -0.25) is 0 Å². The average Bonchev–Trinajstić information content (AvgIpc) is 2.36. The van der Waals surface area contributed by atoms with Crippen LogP contribution in [0.5, 0.6) is 5.75 Å². The van der Waals surface area contributed by atoms with Gasteiger partial charge < -0.3 is 14.8 Å². The predicted octanol–water partition coefficient (Wildman–Crippen LogP) is 3.29. The number of halogens is 1. The average molecular weight is 314 g/mol. The van der Waals surface area contributed by atoms with Crippen LogP contribution in [0.1, 0.15) is 31.9 Å². The zero-order valence-corrected chi connectivity index (χ0v) is 12.7. The number of ether oxygens (including phenoxy) is 2. The van der Waals surface area contributed by atoms with Crippen LogP contribution in [0, 0.1) is 0 Å². The quantitative estimate of drug-likeness (QED) is 0.925. The molecule has 1 aliphatic heterocycles. The largest absolute Gasteiger partial charge is 0.493 e. The van der Waals surface area contributed by atoms with Crippen molar-refractivity contribution in [3.63, 3.8) is 0 Å². The highest BCUT2D eigenvalue weighted by Gasteiger charge is 2.24. The number of hydrogen-bond acceptors (Lipinski definition) is 3. The summed E-state index contributed by atoms with van der Waals surface area (Å²) in [6.45, 7) is 5.75. The predicted molar refractivity (Wildman–Crippen MR) is 76.1 cm³/mol. The molecule has 0 saturated carbocycles. The summed E-state index contributed by atoms with van der Waals surface area (Å²) < 4.78 is 12.2. The van der Waals surface area contributed by atoms with Crippen molar-refractivity contribution in [2.24, 2.45) is 0 Å². The second kappa shape index (κ2) is 5.59. The smallest absolute Gasteiger partial charge is 0.124 e. The summed E-state index contributed by atoms with van der Waals surface area (Å²) in [5.74, 6) is 0.983. The molecule has 0 saturated heterocycles. The fraction of sp³-hybridized carbons (Fsp3) is 0.571. The summed E-state index contributed by atoms with van der Waals surface area (Å²) in [6, 6.07) is 6.50. The lowest BCUT2D eigenvalue weighted by Gasteiger charge is -2.31. The van der Waals surface area contributed by atoms with Gasteiger partial charge in [0.1, 0.15) is 5.75 Å². The first kappa shape index (κ1) is 13.8. The van der Waals surface area contributed by atoms with Crippen molar-refractivity contribution in [3.8, 4) is 5.75 Å². The molecule has 18 heavy (non-hydrogen) atoms. The Morgan fingerprint density at radius 2 is 2.28 bits per heavy atom. The van der Waals surface area contributed by atoms with Gasteiger partial charge in [-0.25, -0.2) is 0 Å². The van der Waals surface area contributed by atoms with E-state index in [4.69, 9.17) is 9.47 Å². The molecule has 1 N–H and O–H groups in total. The van der Waals surface area contributed by atoms with E-state index in [0.29, 0.717) is 6.04 Å². The van der Waals surface area contributed by atoms with Gasteiger partial charge in [0.25, 0.3) is 0 Å². The fourth-order valence-corrected chi connectivity index (χ4v) is 2.40. The first-order chi connectivity index (χ1) is 8.52. The molecule has 1 atom stereocenters. The maximum atomic E-state index is 5.67. The fourth-order valence-electron chi connectivity index (χ4n) is 2.02. The molecule has 0 aromatic heterocycles. The van der Waals surface area contributed by atoms with Crippen LogP contribution >= 0.6 is 15.9 Å². The second-order valence-electron chi connectivity index (χ2n) is 5.22. The number of nitrogens with one attached hydrogen (secondary N) is 1. The summed E-state index contributed by atoms with van der Waals surface area (Å²) in [4.78, 5) is 0. The van der Waals surface area contributed by atoms with Crippen molar-refractivity contribution in [2.45, 2.75) is 31.9 Å². The molecule has 1 aromatic rings. The topological polar surface area (TPSA) is 30.5 Å². The molecule has 0 radical (unpaired) electrons. The van der Waals surface area contributed by atoms with E-state index in [1.54, 1.807) is 7.11 Å². The molecule has 100 valence electrons. The van der Waals surface area contributed by atoms with E-state index in [9.17, 15) is 0 Å². The van der Waals surface area contributed by atoms with Crippen LogP contribution < -0.4 is 10.1 Å². The molecule has 0 amide bonds. The number of benzene rings is 1. The molecule has 1 unspecified atom stereocenters. The highest BCUT2D eigenvalue weighted by Crippen LogP contribution is 2.34. The Balaban J connectivity index is 2.10. The van der Waals surface area contributed by atoms with E-state index in [2.05, 4.69) is 41.2 Å². The number of hydrogen-bond donors (Lipinski definition) is 1. The number of methoxy groups -OCH3 is 1. The maximum Gasteiger partial charge on any atom is 0.124 e. The summed E-state index contributed by atoms with van der Waals surface area (Å²) in [7, 11) is 1.75. The summed E-state index contributed by atoms with van der Waals surface area (Å²) >= 11 is 3.51. The van der Waals surface area contributed by atoms with Crippen molar-refractivity contribution in [1.82, 2.24) is 5.32 Å². The Kier molecular flexibility index (Phi) is 4.30. The van der Waals surface area contributed by atoms with Crippen LogP contribution in [0.15, 0.2) is 22.7 Å². The van der Waals surface area contributed by atoms with Gasteiger partial charge in [-0.05, 0) is 32.0 Å². The lowest BCUT2D eigenvalue weighted by atomic mass is 9.99. The molecule has 1 aromatic carbocycles. The SMILES string of the molecule is COC(C)(C)CNC1CCOc2ccc(Br)cc21. The Labute approximate surface area is 117 Å². The monoisotopic (exact) mass is 313 g/mol. The maximum absolute atomic E-state index is 5.67. The molecule has 0 aliphatic carbocycles. The van der Waals surface area contributed by atoms with Crippen LogP contribution in [0.4, 0.5) is 0 Å². The van der Waals surface area contributed by atoms with E-state index in [1.807, 2.05) is 12.1 Å². The zero-order chi connectivity index (χ0) is 13.2. The van der Waals surface area contributed by atoms with E-state index < -0.39 is 0 Å². The van der Waals surface area contributed by atoms with Crippen molar-refractivity contribution >= 4 is 15.9 Å². The first-order valence-corrected chi connectivity index (χ1v) is 7.02. The molecular formula is C14H20BrNO2. The third-order valence-corrected chi connectivity index (χ3v) is 3.83. The molecule has 3 nitrogen and oxygen atoms in total. The summed E-state index contributed by atoms with van der Waals surface area (Å²) in [5.41, 5.74) is 1.08. The third-order valence-electron chi connectivity index (χ3n) is 3.34. The van der Waals surface area contributed by atoms with Crippen molar-refractivity contribution in [3.05, 3.63) is 28.2 Å². The third kappa shape index (κ3) is 3.25. The lowest BCUT2D eigenvalue weighted by molar-refractivity contribution is 0.0198. The highest BCUT2D eigenvalue weighted by molar-refractivity contribution is 9.10. The van der Waals surface area contributed by atoms with Crippen LogP contribution in [-0.2, 0) is 4.74 Å². The first-order valence-electron chi connectivity index (χ1n) is 6.22. The number of fused-ring (bicyclic) bond motifs is 1. The molecule has 1 heterocycles. The summed E-state index contributed by atoms with van der Waals surface area (Å²) in [6.07, 6.45) is 0.989. The zero-order valence-electron chi connectivity index (χ0n) is 11.1. The van der Waals surface area contributed by atoms with E-state index in [-0.39, 0.29) is 5.60 Å². The molecule has 0 bridgehead atoms. The van der Waals surface area contributed by atoms with Crippen LogP contribution in [0.2, 0.25) is 0 Å². The molecular weight excluding hydrogens is 294 g/mol. The van der Waals surface area contributed by atoms with Gasteiger partial charge in [0, 0.05) is 36.2 Å². The lowest BCUT2D eigenvalue weighted by Crippen LogP contribution is -2.39. The van der Waals surface area contributed by atoms with Crippen LogP contribution in [-0.4, -0.2) is 25.9 Å². The molecule has 0 fully saturated rings. The molecule has 0 spiro atoms. The minimum atomic E-state index is -0.148. The Morgan fingerprint density at radius 1 is 1.50 bits per heavy atom. The minimum Gasteiger partial charge on any atom is -0.493 e. The van der Waals surface area contributed by atoms with Crippen molar-refractivity contribution in [1.29, 1.82) is 0 Å². The van der Waals surface area contributed by atoms with E-state index in [0.717, 1.165) is 29.8 Å². The molecule has 4 heteroatoms. The van der Waals surface area contributed by atoms with Crippen LogP contribution in [0.3, 0.4) is 0 Å². The van der Waals surface area contributed by atoms with Gasteiger partial charge >= 0.3 is 0 Å². The number of rotatable bonds is 4. The second-order valence-corrected chi connectivity index (χ2v) is 6.13. The Bertz CT molecular complexity index is 420. The van der Waals surface area contributed by atoms with Crippen molar-refractivity contribution in [2.75, 3.05) is 20.3 Å². The van der Waals surface area contributed by atoms with Gasteiger partial charge in [0.2, 0.25) is 0 Å². The van der Waals surface area contributed by atoms with Gasteiger partial charge in [0.15, 0.2) is 0 Å². The van der Waals surface area contributed by atoms with Crippen molar-refractivity contribution < 1.29 is 9.47 Å².